The second-order valence-electron chi connectivity index (χ2n) is 13.7. The average molecular weight is 744 g/mol. The van der Waals surface area contributed by atoms with E-state index in [0.717, 1.165) is 31.6 Å². The Morgan fingerprint density at radius 1 is 1.06 bits per heavy atom. The van der Waals surface area contributed by atoms with Gasteiger partial charge in [0.15, 0.2) is 5.69 Å². The maximum Gasteiger partial charge on any atom is 0.416 e. The van der Waals surface area contributed by atoms with E-state index in [-0.39, 0.29) is 41.4 Å². The van der Waals surface area contributed by atoms with Crippen LogP contribution in [-0.4, -0.2) is 94.8 Å². The van der Waals surface area contributed by atoms with Crippen LogP contribution in [0.1, 0.15) is 63.2 Å². The highest BCUT2D eigenvalue weighted by Gasteiger charge is 2.48. The fourth-order valence-electron chi connectivity index (χ4n) is 7.58. The van der Waals surface area contributed by atoms with Crippen molar-refractivity contribution in [1.29, 1.82) is 5.26 Å². The van der Waals surface area contributed by atoms with Crippen LogP contribution >= 0.6 is 0 Å². The van der Waals surface area contributed by atoms with E-state index in [0.29, 0.717) is 30.3 Å². The van der Waals surface area contributed by atoms with Gasteiger partial charge in [0, 0.05) is 56.7 Å². The van der Waals surface area contributed by atoms with E-state index in [9.17, 15) is 37.2 Å². The molecule has 5 atom stereocenters. The molecule has 3 aromatic carbocycles. The van der Waals surface area contributed by atoms with Gasteiger partial charge in [0.1, 0.15) is 23.7 Å². The SMILES string of the molecule is CCN1C(=O)[C@@H](NC(=O)c2cccc(C(F)(F)F)c2)[C@@H](c2ccc(F)cc2)c2c(C(=O)N(C)[C@H](C#N)CCN3CC4CC(C3)O4)nn(-c3ccccc3)c21. The third kappa shape index (κ3) is 6.94. The van der Waals surface area contributed by atoms with E-state index < -0.39 is 53.3 Å². The van der Waals surface area contributed by atoms with Crippen LogP contribution in [0.2, 0.25) is 0 Å². The molecular formula is C39H37F4N7O4. The van der Waals surface area contributed by atoms with E-state index in [4.69, 9.17) is 9.84 Å². The third-order valence-corrected chi connectivity index (χ3v) is 10.3. The number of carbonyl (C=O) groups excluding carboxylic acids is 3. The van der Waals surface area contributed by atoms with Crippen LogP contribution in [0, 0.1) is 17.1 Å². The Morgan fingerprint density at radius 3 is 2.37 bits per heavy atom. The smallest absolute Gasteiger partial charge is 0.372 e. The largest absolute Gasteiger partial charge is 0.416 e. The van der Waals surface area contributed by atoms with Crippen molar-refractivity contribution in [2.45, 2.75) is 56.2 Å². The second-order valence-corrected chi connectivity index (χ2v) is 13.7. The summed E-state index contributed by atoms with van der Waals surface area (Å²) >= 11 is 0. The number of benzene rings is 3. The van der Waals surface area contributed by atoms with E-state index in [2.05, 4.69) is 16.3 Å². The van der Waals surface area contributed by atoms with Crippen LogP contribution < -0.4 is 10.2 Å². The Morgan fingerprint density at radius 2 is 1.74 bits per heavy atom. The van der Waals surface area contributed by atoms with Crippen LogP contribution in [0.3, 0.4) is 0 Å². The molecule has 15 heteroatoms. The number of amides is 3. The normalized spacial score (nSPS) is 21.4. The van der Waals surface area contributed by atoms with Crippen molar-refractivity contribution in [3.8, 4) is 11.8 Å². The number of nitrogens with zero attached hydrogens (tertiary/aromatic N) is 6. The Balaban J connectivity index is 1.33. The number of nitrogens with one attached hydrogen (secondary N) is 1. The van der Waals surface area contributed by atoms with Crippen LogP contribution in [-0.2, 0) is 15.7 Å². The summed E-state index contributed by atoms with van der Waals surface area (Å²) in [7, 11) is 1.51. The minimum atomic E-state index is -4.72. The standard InChI is InChI=1S/C39H37F4N7O4/c1-3-49-36-32(31(23-12-14-26(40)15-13-23)33(38(49)53)45-35(51)24-8-7-9-25(18-24)39(41,42)43)34(46-50(36)27-10-5-4-6-11-27)37(52)47(2)28(20-44)16-17-48-21-29-19-30(22-48)54-29/h4-15,18,28-31,33H,3,16-17,19,21-22H2,1-2H3,(H,45,51)/t28-,29?,30?,31-,33-/m0/s1. The number of morpholine rings is 1. The summed E-state index contributed by atoms with van der Waals surface area (Å²) in [4.78, 5) is 47.8. The lowest BCUT2D eigenvalue weighted by atomic mass is 9.80. The quantitative estimate of drug-likeness (QED) is 0.223. The highest BCUT2D eigenvalue weighted by Crippen LogP contribution is 2.44. The molecule has 3 amide bonds. The van der Waals surface area contributed by atoms with Crippen molar-refractivity contribution in [3.63, 3.8) is 0 Å². The molecule has 4 aromatic rings. The fourth-order valence-corrected chi connectivity index (χ4v) is 7.58. The molecule has 0 aliphatic carbocycles. The van der Waals surface area contributed by atoms with Gasteiger partial charge in [-0.25, -0.2) is 9.07 Å². The number of hydrogen-bond acceptors (Lipinski definition) is 7. The summed E-state index contributed by atoms with van der Waals surface area (Å²) in [6.07, 6.45) is -3.02. The minimum absolute atomic E-state index is 0.0578. The zero-order valence-electron chi connectivity index (χ0n) is 29.5. The predicted molar refractivity (Wildman–Crippen MR) is 188 cm³/mol. The molecule has 5 heterocycles. The van der Waals surface area contributed by atoms with E-state index >= 15 is 0 Å². The number of anilines is 1. The molecular weight excluding hydrogens is 706 g/mol. The predicted octanol–water partition coefficient (Wildman–Crippen LogP) is 5.15. The van der Waals surface area contributed by atoms with Crippen molar-refractivity contribution in [2.75, 3.05) is 38.1 Å². The number of rotatable bonds is 10. The Hall–Kier alpha value is -5.59. The highest BCUT2D eigenvalue weighted by molar-refractivity contribution is 6.07. The lowest BCUT2D eigenvalue weighted by Gasteiger charge is -2.47. The fraction of sp³-hybridized carbons (Fsp3) is 0.359. The Kier molecular flexibility index (Phi) is 9.99. The lowest BCUT2D eigenvalue weighted by Crippen LogP contribution is -2.57. The number of para-hydroxylation sites is 1. The molecule has 1 N–H and O–H groups in total. The molecule has 4 aliphatic rings. The summed E-state index contributed by atoms with van der Waals surface area (Å²) in [5.41, 5.74) is -0.423. The highest BCUT2D eigenvalue weighted by atomic mass is 19.4. The number of likely N-dealkylation sites (N-methyl/N-ethyl adjacent to an activating group) is 1. The maximum atomic E-state index is 14.7. The molecule has 0 saturated carbocycles. The van der Waals surface area contributed by atoms with E-state index in [1.54, 1.807) is 37.3 Å². The second kappa shape index (κ2) is 14.7. The first-order valence-electron chi connectivity index (χ1n) is 17.7. The molecule has 1 aromatic heterocycles. The van der Waals surface area contributed by atoms with Gasteiger partial charge < -0.3 is 15.0 Å². The van der Waals surface area contributed by atoms with Gasteiger partial charge >= 0.3 is 6.18 Å². The molecule has 3 saturated heterocycles. The maximum absolute atomic E-state index is 14.7. The molecule has 0 radical (unpaired) electrons. The van der Waals surface area contributed by atoms with Crippen LogP contribution in [0.15, 0.2) is 78.9 Å². The number of carbonyl (C=O) groups is 3. The van der Waals surface area contributed by atoms with Gasteiger partial charge in [0.05, 0.1) is 29.5 Å². The summed E-state index contributed by atoms with van der Waals surface area (Å²) in [5, 5.41) is 17.7. The third-order valence-electron chi connectivity index (χ3n) is 10.3. The number of fused-ring (bicyclic) bond motifs is 3. The first-order chi connectivity index (χ1) is 25.9. The number of hydrogen-bond donors (Lipinski definition) is 1. The summed E-state index contributed by atoms with van der Waals surface area (Å²) in [6, 6.07) is 17.7. The monoisotopic (exact) mass is 743 g/mol. The Bertz CT molecular complexity index is 2080. The van der Waals surface area contributed by atoms with Crippen molar-refractivity contribution in [1.82, 2.24) is 24.9 Å². The minimum Gasteiger partial charge on any atom is -0.372 e. The molecule has 54 heavy (non-hydrogen) atoms. The summed E-state index contributed by atoms with van der Waals surface area (Å²) < 4.78 is 62.3. The Labute approximate surface area is 308 Å². The van der Waals surface area contributed by atoms with Crippen molar-refractivity contribution in [2.24, 2.45) is 0 Å². The number of ether oxygens (including phenoxy) is 1. The molecule has 2 unspecified atom stereocenters. The van der Waals surface area contributed by atoms with E-state index in [1.165, 1.54) is 51.9 Å². The topological polar surface area (TPSA) is 124 Å². The van der Waals surface area contributed by atoms with Gasteiger partial charge in [-0.2, -0.15) is 23.5 Å². The summed E-state index contributed by atoms with van der Waals surface area (Å²) in [6.45, 7) is 3.80. The average Bonchev–Trinajstić information content (AvgIpc) is 3.55. The van der Waals surface area contributed by atoms with Gasteiger partial charge in [-0.15, -0.1) is 0 Å². The van der Waals surface area contributed by atoms with Gasteiger partial charge in [-0.1, -0.05) is 36.4 Å². The van der Waals surface area contributed by atoms with Gasteiger partial charge in [0.2, 0.25) is 0 Å². The number of alkyl halides is 3. The molecule has 2 bridgehead atoms. The molecule has 11 nitrogen and oxygen atoms in total. The molecule has 280 valence electrons. The zero-order valence-corrected chi connectivity index (χ0v) is 29.5. The summed E-state index contributed by atoms with van der Waals surface area (Å²) in [5.74, 6) is -3.72. The van der Waals surface area contributed by atoms with Crippen LogP contribution in [0.4, 0.5) is 23.4 Å². The first-order valence-corrected chi connectivity index (χ1v) is 17.7. The van der Waals surface area contributed by atoms with Gasteiger partial charge in [-0.05, 0) is 61.4 Å². The van der Waals surface area contributed by atoms with Crippen molar-refractivity contribution in [3.05, 3.63) is 113 Å². The first kappa shape index (κ1) is 36.8. The molecule has 8 rings (SSSR count). The molecule has 4 aliphatic heterocycles. The number of nitriles is 1. The van der Waals surface area contributed by atoms with E-state index in [1.807, 2.05) is 0 Å². The lowest BCUT2D eigenvalue weighted by molar-refractivity contribution is -0.180. The van der Waals surface area contributed by atoms with Crippen molar-refractivity contribution >= 4 is 23.5 Å². The van der Waals surface area contributed by atoms with Crippen molar-refractivity contribution < 1.29 is 36.7 Å². The number of halogens is 4. The van der Waals surface area contributed by atoms with Gasteiger partial charge in [0.25, 0.3) is 17.7 Å². The van der Waals surface area contributed by atoms with Crippen LogP contribution in [0.25, 0.3) is 5.69 Å². The van der Waals surface area contributed by atoms with Gasteiger partial charge in [-0.3, -0.25) is 24.2 Å². The molecule has 3 fully saturated rings. The number of aromatic nitrogens is 2. The van der Waals surface area contributed by atoms with Crippen LogP contribution in [0.5, 0.6) is 0 Å². The zero-order chi connectivity index (χ0) is 38.3. The number of piperidine rings is 1. The molecule has 0 spiro atoms.